The largest absolute Gasteiger partial charge is 0.341 e. The second-order valence-electron chi connectivity index (χ2n) is 3.43. The lowest BCUT2D eigenvalue weighted by Crippen LogP contribution is -2.28. The standard InChI is InChI=1S/C10H10ClN5O/c1-6(9-13-5-14-16-9)15-10(17)8-4-7(11)2-3-12-8/h2-6H,1H3,(H,15,17)(H,13,14,16). The maximum Gasteiger partial charge on any atom is 0.270 e. The Morgan fingerprint density at radius 2 is 2.35 bits per heavy atom. The van der Waals surface area contributed by atoms with E-state index in [9.17, 15) is 4.79 Å². The molecule has 6 nitrogen and oxygen atoms in total. The summed E-state index contributed by atoms with van der Waals surface area (Å²) in [4.78, 5) is 19.7. The third-order valence-corrected chi connectivity index (χ3v) is 2.38. The molecule has 1 atom stereocenters. The quantitative estimate of drug-likeness (QED) is 0.862. The molecular weight excluding hydrogens is 242 g/mol. The zero-order valence-electron chi connectivity index (χ0n) is 9.01. The van der Waals surface area contributed by atoms with Crippen molar-refractivity contribution in [3.05, 3.63) is 41.2 Å². The SMILES string of the molecule is CC(NC(=O)c1cc(Cl)ccn1)c1ncn[nH]1. The van der Waals surface area contributed by atoms with Gasteiger partial charge < -0.3 is 5.32 Å². The van der Waals surface area contributed by atoms with Crippen molar-refractivity contribution in [1.29, 1.82) is 0 Å². The van der Waals surface area contributed by atoms with Gasteiger partial charge in [0.2, 0.25) is 0 Å². The highest BCUT2D eigenvalue weighted by atomic mass is 35.5. The van der Waals surface area contributed by atoms with Gasteiger partial charge in [0.1, 0.15) is 17.8 Å². The van der Waals surface area contributed by atoms with Gasteiger partial charge in [-0.3, -0.25) is 14.9 Å². The van der Waals surface area contributed by atoms with Gasteiger partial charge in [-0.05, 0) is 19.1 Å². The Labute approximate surface area is 102 Å². The van der Waals surface area contributed by atoms with Crippen molar-refractivity contribution in [1.82, 2.24) is 25.5 Å². The number of halogens is 1. The predicted octanol–water partition coefficient (Wildman–Crippen LogP) is 1.34. The van der Waals surface area contributed by atoms with Gasteiger partial charge in [-0.25, -0.2) is 4.98 Å². The Balaban J connectivity index is 2.07. The third kappa shape index (κ3) is 2.79. The highest BCUT2D eigenvalue weighted by Gasteiger charge is 2.14. The molecule has 0 aromatic carbocycles. The van der Waals surface area contributed by atoms with Crippen LogP contribution in [-0.2, 0) is 0 Å². The highest BCUT2D eigenvalue weighted by Crippen LogP contribution is 2.10. The van der Waals surface area contributed by atoms with Gasteiger partial charge >= 0.3 is 0 Å². The Bertz CT molecular complexity index is 513. The summed E-state index contributed by atoms with van der Waals surface area (Å²) in [7, 11) is 0. The van der Waals surface area contributed by atoms with Crippen molar-refractivity contribution < 1.29 is 4.79 Å². The number of carbonyl (C=O) groups is 1. The Kier molecular flexibility index (Phi) is 3.34. The van der Waals surface area contributed by atoms with Crippen LogP contribution >= 0.6 is 11.6 Å². The number of aromatic nitrogens is 4. The molecular formula is C10H10ClN5O. The monoisotopic (exact) mass is 251 g/mol. The molecule has 0 bridgehead atoms. The van der Waals surface area contributed by atoms with Gasteiger partial charge in [-0.2, -0.15) is 5.10 Å². The maximum atomic E-state index is 11.8. The minimum atomic E-state index is -0.309. The molecule has 2 heterocycles. The van der Waals surface area contributed by atoms with Crippen LogP contribution in [0.3, 0.4) is 0 Å². The lowest BCUT2D eigenvalue weighted by Gasteiger charge is -2.10. The summed E-state index contributed by atoms with van der Waals surface area (Å²) in [5.74, 6) is 0.275. The summed E-state index contributed by atoms with van der Waals surface area (Å²) in [6.45, 7) is 1.79. The molecule has 2 rings (SSSR count). The number of aromatic amines is 1. The second kappa shape index (κ2) is 4.92. The molecule has 0 saturated carbocycles. The van der Waals surface area contributed by atoms with E-state index < -0.39 is 0 Å². The van der Waals surface area contributed by atoms with Crippen LogP contribution in [0.4, 0.5) is 0 Å². The topological polar surface area (TPSA) is 83.6 Å². The smallest absolute Gasteiger partial charge is 0.270 e. The molecule has 7 heteroatoms. The second-order valence-corrected chi connectivity index (χ2v) is 3.86. The minimum Gasteiger partial charge on any atom is -0.341 e. The number of carbonyl (C=O) groups excluding carboxylic acids is 1. The number of rotatable bonds is 3. The van der Waals surface area contributed by atoms with Crippen LogP contribution in [0.1, 0.15) is 29.3 Å². The van der Waals surface area contributed by atoms with Crippen molar-refractivity contribution >= 4 is 17.5 Å². The van der Waals surface area contributed by atoms with Crippen molar-refractivity contribution in [3.8, 4) is 0 Å². The third-order valence-electron chi connectivity index (χ3n) is 2.15. The van der Waals surface area contributed by atoms with Crippen LogP contribution in [0.25, 0.3) is 0 Å². The fourth-order valence-electron chi connectivity index (χ4n) is 1.29. The van der Waals surface area contributed by atoms with E-state index in [1.54, 1.807) is 13.0 Å². The van der Waals surface area contributed by atoms with Crippen LogP contribution in [0, 0.1) is 0 Å². The normalized spacial score (nSPS) is 12.1. The van der Waals surface area contributed by atoms with E-state index in [-0.39, 0.29) is 17.6 Å². The molecule has 1 unspecified atom stereocenters. The molecule has 2 aromatic heterocycles. The summed E-state index contributed by atoms with van der Waals surface area (Å²) in [5.41, 5.74) is 0.267. The molecule has 0 aliphatic carbocycles. The molecule has 0 radical (unpaired) electrons. The van der Waals surface area contributed by atoms with Gasteiger partial charge in [0.25, 0.3) is 5.91 Å². The first-order valence-corrected chi connectivity index (χ1v) is 5.32. The number of hydrogen-bond donors (Lipinski definition) is 2. The molecule has 0 spiro atoms. The molecule has 2 N–H and O–H groups in total. The van der Waals surface area contributed by atoms with Crippen molar-refractivity contribution in [2.24, 2.45) is 0 Å². The Hall–Kier alpha value is -1.95. The molecule has 0 saturated heterocycles. The Morgan fingerprint density at radius 3 is 3.00 bits per heavy atom. The summed E-state index contributed by atoms with van der Waals surface area (Å²) < 4.78 is 0. The van der Waals surface area contributed by atoms with Crippen LogP contribution in [-0.4, -0.2) is 26.1 Å². The molecule has 0 fully saturated rings. The summed E-state index contributed by atoms with van der Waals surface area (Å²) in [5, 5.41) is 9.60. The minimum absolute atomic E-state index is 0.267. The zero-order chi connectivity index (χ0) is 12.3. The number of amides is 1. The van der Waals surface area contributed by atoms with Crippen molar-refractivity contribution in [3.63, 3.8) is 0 Å². The van der Waals surface area contributed by atoms with Gasteiger partial charge in [0, 0.05) is 11.2 Å². The van der Waals surface area contributed by atoms with Gasteiger partial charge in [0.15, 0.2) is 0 Å². The zero-order valence-corrected chi connectivity index (χ0v) is 9.77. The molecule has 88 valence electrons. The summed E-state index contributed by atoms with van der Waals surface area (Å²) >= 11 is 5.78. The number of nitrogens with one attached hydrogen (secondary N) is 2. The van der Waals surface area contributed by atoms with E-state index in [2.05, 4.69) is 25.5 Å². The lowest BCUT2D eigenvalue weighted by molar-refractivity contribution is 0.0933. The van der Waals surface area contributed by atoms with E-state index in [0.717, 1.165) is 0 Å². The number of nitrogens with zero attached hydrogens (tertiary/aromatic N) is 3. The molecule has 0 aliphatic rings. The van der Waals surface area contributed by atoms with Crippen molar-refractivity contribution in [2.75, 3.05) is 0 Å². The molecule has 17 heavy (non-hydrogen) atoms. The number of H-pyrrole nitrogens is 1. The molecule has 2 aromatic rings. The number of pyridine rings is 1. The van der Waals surface area contributed by atoms with Crippen LogP contribution < -0.4 is 5.32 Å². The van der Waals surface area contributed by atoms with E-state index in [4.69, 9.17) is 11.6 Å². The van der Waals surface area contributed by atoms with Gasteiger partial charge in [-0.15, -0.1) is 0 Å². The van der Waals surface area contributed by atoms with Crippen molar-refractivity contribution in [2.45, 2.75) is 13.0 Å². The maximum absolute atomic E-state index is 11.8. The predicted molar refractivity (Wildman–Crippen MR) is 61.5 cm³/mol. The van der Waals surface area contributed by atoms with Crippen LogP contribution in [0.15, 0.2) is 24.7 Å². The first-order chi connectivity index (χ1) is 8.16. The van der Waals surface area contributed by atoms with E-state index in [1.807, 2.05) is 0 Å². The van der Waals surface area contributed by atoms with Crippen LogP contribution in [0.2, 0.25) is 5.02 Å². The van der Waals surface area contributed by atoms with Crippen LogP contribution in [0.5, 0.6) is 0 Å². The van der Waals surface area contributed by atoms with E-state index in [0.29, 0.717) is 10.8 Å². The molecule has 0 aliphatic heterocycles. The fraction of sp³-hybridized carbons (Fsp3) is 0.200. The lowest BCUT2D eigenvalue weighted by atomic mass is 10.3. The first-order valence-electron chi connectivity index (χ1n) is 4.94. The fourth-order valence-corrected chi connectivity index (χ4v) is 1.45. The average Bonchev–Trinajstić information content (AvgIpc) is 2.82. The number of hydrogen-bond acceptors (Lipinski definition) is 4. The van der Waals surface area contributed by atoms with E-state index in [1.165, 1.54) is 18.6 Å². The average molecular weight is 252 g/mol. The summed E-state index contributed by atoms with van der Waals surface area (Å²) in [6.07, 6.45) is 2.87. The van der Waals surface area contributed by atoms with Gasteiger partial charge in [0.05, 0.1) is 6.04 Å². The molecule has 1 amide bonds. The highest BCUT2D eigenvalue weighted by molar-refractivity contribution is 6.30. The van der Waals surface area contributed by atoms with Gasteiger partial charge in [-0.1, -0.05) is 11.6 Å². The van der Waals surface area contributed by atoms with E-state index >= 15 is 0 Å². The Morgan fingerprint density at radius 1 is 1.53 bits per heavy atom. The first kappa shape index (κ1) is 11.5. The summed E-state index contributed by atoms with van der Waals surface area (Å²) in [6, 6.07) is 2.84.